The molecule has 0 bridgehead atoms. The molecule has 2 fully saturated rings. The topological polar surface area (TPSA) is 57.6 Å². The molecule has 0 amide bonds. The summed E-state index contributed by atoms with van der Waals surface area (Å²) in [6.07, 6.45) is 1.41. The fourth-order valence-electron chi connectivity index (χ4n) is 3.22. The minimum absolute atomic E-state index is 0.122. The van der Waals surface area contributed by atoms with Crippen LogP contribution < -0.4 is 0 Å². The predicted octanol–water partition coefficient (Wildman–Crippen LogP) is 2.21. The number of aliphatic hydroxyl groups is 1. The van der Waals surface area contributed by atoms with E-state index in [1.165, 1.54) is 11.3 Å². The zero-order valence-electron chi connectivity index (χ0n) is 10.5. The van der Waals surface area contributed by atoms with E-state index in [0.29, 0.717) is 23.9 Å². The molecule has 1 aromatic heterocycles. The number of aryl methyl sites for hydroxylation is 1. The number of rotatable bonds is 2. The van der Waals surface area contributed by atoms with Crippen LogP contribution in [0.2, 0.25) is 0 Å². The van der Waals surface area contributed by atoms with Gasteiger partial charge in [-0.3, -0.25) is 0 Å². The molecule has 1 aromatic rings. The van der Waals surface area contributed by atoms with Crippen molar-refractivity contribution in [2.45, 2.75) is 30.8 Å². The fourth-order valence-corrected chi connectivity index (χ4v) is 7.14. The van der Waals surface area contributed by atoms with Gasteiger partial charge in [0, 0.05) is 23.9 Å². The average Bonchev–Trinajstić information content (AvgIpc) is 2.96. The van der Waals surface area contributed by atoms with Gasteiger partial charge in [0.25, 0.3) is 0 Å². The van der Waals surface area contributed by atoms with Crippen LogP contribution in [0.25, 0.3) is 0 Å². The van der Waals surface area contributed by atoms with E-state index >= 15 is 0 Å². The largest absolute Gasteiger partial charge is 0.393 e. The highest BCUT2D eigenvalue weighted by Crippen LogP contribution is 2.41. The van der Waals surface area contributed by atoms with Gasteiger partial charge in [-0.15, -0.1) is 11.3 Å². The SMILES string of the molecule is Cc1sc(Br)cc1S(=O)(=O)N1CC2CCC(O)C2C1. The number of hydrogen-bond donors (Lipinski definition) is 1. The quantitative estimate of drug-likeness (QED) is 0.873. The van der Waals surface area contributed by atoms with Gasteiger partial charge in [0.1, 0.15) is 0 Å². The van der Waals surface area contributed by atoms with Gasteiger partial charge >= 0.3 is 0 Å². The Balaban J connectivity index is 1.89. The summed E-state index contributed by atoms with van der Waals surface area (Å²) in [7, 11) is -3.41. The van der Waals surface area contributed by atoms with E-state index in [1.54, 1.807) is 10.4 Å². The van der Waals surface area contributed by atoms with Gasteiger partial charge in [-0.05, 0) is 47.7 Å². The second kappa shape index (κ2) is 4.80. The number of hydrogen-bond acceptors (Lipinski definition) is 4. The first-order valence-electron chi connectivity index (χ1n) is 6.33. The molecule has 0 spiro atoms. The molecule has 0 aromatic carbocycles. The van der Waals surface area contributed by atoms with Crippen molar-refractivity contribution >= 4 is 37.3 Å². The minimum Gasteiger partial charge on any atom is -0.393 e. The van der Waals surface area contributed by atoms with Crippen LogP contribution >= 0.6 is 27.3 Å². The minimum atomic E-state index is -3.41. The first kappa shape index (κ1) is 14.0. The van der Waals surface area contributed by atoms with Crippen molar-refractivity contribution in [3.8, 4) is 0 Å². The van der Waals surface area contributed by atoms with Gasteiger partial charge in [-0.25, -0.2) is 8.42 Å². The summed E-state index contributed by atoms with van der Waals surface area (Å²) < 4.78 is 27.7. The average molecular weight is 366 g/mol. The third-order valence-corrected chi connectivity index (χ3v) is 7.89. The van der Waals surface area contributed by atoms with Gasteiger partial charge in [-0.2, -0.15) is 4.31 Å². The molecular weight excluding hydrogens is 350 g/mol. The van der Waals surface area contributed by atoms with E-state index in [4.69, 9.17) is 0 Å². The maximum absolute atomic E-state index is 12.6. The lowest BCUT2D eigenvalue weighted by atomic mass is 10.00. The zero-order chi connectivity index (χ0) is 13.8. The Bertz CT molecular complexity index is 598. The fraction of sp³-hybridized carbons (Fsp3) is 0.667. The molecular formula is C12H16BrNO3S2. The van der Waals surface area contributed by atoms with Crippen molar-refractivity contribution in [1.82, 2.24) is 4.31 Å². The molecule has 0 radical (unpaired) electrons. The lowest BCUT2D eigenvalue weighted by molar-refractivity contribution is 0.129. The van der Waals surface area contributed by atoms with Crippen LogP contribution in [0.5, 0.6) is 0 Å². The molecule has 1 aliphatic carbocycles. The number of aliphatic hydroxyl groups excluding tert-OH is 1. The summed E-state index contributed by atoms with van der Waals surface area (Å²) in [6.45, 7) is 2.84. The molecule has 19 heavy (non-hydrogen) atoms. The Morgan fingerprint density at radius 3 is 2.74 bits per heavy atom. The maximum atomic E-state index is 12.6. The third kappa shape index (κ3) is 2.29. The first-order chi connectivity index (χ1) is 8.89. The summed E-state index contributed by atoms with van der Waals surface area (Å²) in [6, 6.07) is 1.68. The van der Waals surface area contributed by atoms with Crippen molar-refractivity contribution in [3.05, 3.63) is 14.7 Å². The van der Waals surface area contributed by atoms with Crippen molar-refractivity contribution in [2.24, 2.45) is 11.8 Å². The number of halogens is 1. The van der Waals surface area contributed by atoms with E-state index in [2.05, 4.69) is 15.9 Å². The standard InChI is InChI=1S/C12H16BrNO3S2/c1-7-11(4-12(13)18-7)19(16,17)14-5-8-2-3-10(15)9(8)6-14/h4,8-10,15H,2-3,5-6H2,1H3. The highest BCUT2D eigenvalue weighted by molar-refractivity contribution is 9.11. The van der Waals surface area contributed by atoms with Crippen molar-refractivity contribution in [1.29, 1.82) is 0 Å². The second-order valence-corrected chi connectivity index (χ2v) is 9.90. The molecule has 4 nitrogen and oxygen atoms in total. The number of fused-ring (bicyclic) bond motifs is 1. The molecule has 3 unspecified atom stereocenters. The van der Waals surface area contributed by atoms with E-state index < -0.39 is 10.0 Å². The lowest BCUT2D eigenvalue weighted by Gasteiger charge is -2.18. The molecule has 2 aliphatic rings. The summed E-state index contributed by atoms with van der Waals surface area (Å²) >= 11 is 4.78. The lowest BCUT2D eigenvalue weighted by Crippen LogP contribution is -2.31. The molecule has 1 aliphatic heterocycles. The van der Waals surface area contributed by atoms with E-state index in [1.807, 2.05) is 6.92 Å². The molecule has 106 valence electrons. The number of thiophene rings is 1. The van der Waals surface area contributed by atoms with Crippen molar-refractivity contribution in [3.63, 3.8) is 0 Å². The molecule has 2 heterocycles. The molecule has 1 N–H and O–H groups in total. The summed E-state index contributed by atoms with van der Waals surface area (Å²) in [5.74, 6) is 0.448. The maximum Gasteiger partial charge on any atom is 0.244 e. The third-order valence-electron chi connectivity index (χ3n) is 4.25. The summed E-state index contributed by atoms with van der Waals surface area (Å²) in [4.78, 5) is 1.21. The van der Waals surface area contributed by atoms with Crippen LogP contribution in [0.15, 0.2) is 14.7 Å². The summed E-state index contributed by atoms with van der Waals surface area (Å²) in [5.41, 5.74) is 0. The highest BCUT2D eigenvalue weighted by Gasteiger charge is 2.46. The smallest absolute Gasteiger partial charge is 0.244 e. The van der Waals surface area contributed by atoms with Crippen molar-refractivity contribution < 1.29 is 13.5 Å². The van der Waals surface area contributed by atoms with E-state index in [0.717, 1.165) is 21.5 Å². The second-order valence-electron chi connectivity index (χ2n) is 5.36. The van der Waals surface area contributed by atoms with Gasteiger partial charge in [-0.1, -0.05) is 0 Å². The first-order valence-corrected chi connectivity index (χ1v) is 9.38. The molecule has 1 saturated carbocycles. The van der Waals surface area contributed by atoms with Gasteiger partial charge in [0.2, 0.25) is 10.0 Å². The normalized spacial score (nSPS) is 31.8. The van der Waals surface area contributed by atoms with Crippen molar-refractivity contribution in [2.75, 3.05) is 13.1 Å². The Kier molecular flexibility index (Phi) is 3.54. The monoisotopic (exact) mass is 365 g/mol. The van der Waals surface area contributed by atoms with Crippen LogP contribution in [-0.2, 0) is 10.0 Å². The summed E-state index contributed by atoms with van der Waals surface area (Å²) in [5, 5.41) is 9.89. The Hall–Kier alpha value is 0.0500. The molecule has 3 atom stereocenters. The van der Waals surface area contributed by atoms with E-state index in [9.17, 15) is 13.5 Å². The Morgan fingerprint density at radius 1 is 1.42 bits per heavy atom. The van der Waals surface area contributed by atoms with Gasteiger partial charge < -0.3 is 5.11 Å². The van der Waals surface area contributed by atoms with Gasteiger partial charge in [0.15, 0.2) is 0 Å². The predicted molar refractivity (Wildman–Crippen MR) is 77.7 cm³/mol. The highest BCUT2D eigenvalue weighted by atomic mass is 79.9. The van der Waals surface area contributed by atoms with Gasteiger partial charge in [0.05, 0.1) is 14.8 Å². The number of sulfonamides is 1. The van der Waals surface area contributed by atoms with Crippen LogP contribution in [0.3, 0.4) is 0 Å². The molecule has 3 rings (SSSR count). The van der Waals surface area contributed by atoms with E-state index in [-0.39, 0.29) is 12.0 Å². The number of nitrogens with zero attached hydrogens (tertiary/aromatic N) is 1. The van der Waals surface area contributed by atoms with Crippen LogP contribution in [0, 0.1) is 18.8 Å². The van der Waals surface area contributed by atoms with Crippen LogP contribution in [0.1, 0.15) is 17.7 Å². The molecule has 7 heteroatoms. The Morgan fingerprint density at radius 2 is 2.16 bits per heavy atom. The zero-order valence-corrected chi connectivity index (χ0v) is 13.8. The van der Waals surface area contributed by atoms with Crippen LogP contribution in [-0.4, -0.2) is 37.0 Å². The molecule has 1 saturated heterocycles. The van der Waals surface area contributed by atoms with Crippen LogP contribution in [0.4, 0.5) is 0 Å². The Labute approximate surface area is 125 Å².